The van der Waals surface area contributed by atoms with Crippen LogP contribution in [-0.4, -0.2) is 15.0 Å². The molecule has 0 atom stereocenters. The highest BCUT2D eigenvalue weighted by atomic mass is 35.5. The highest BCUT2D eigenvalue weighted by molar-refractivity contribution is 6.34. The summed E-state index contributed by atoms with van der Waals surface area (Å²) in [7, 11) is 0. The van der Waals surface area contributed by atoms with Crippen molar-refractivity contribution >= 4 is 33.3 Å². The van der Waals surface area contributed by atoms with E-state index in [4.69, 9.17) is 11.6 Å². The molecular weight excluding hydrogens is 210 g/mol. The maximum absolute atomic E-state index is 5.99. The zero-order valence-electron chi connectivity index (χ0n) is 7.68. The van der Waals surface area contributed by atoms with E-state index < -0.39 is 0 Å². The van der Waals surface area contributed by atoms with Gasteiger partial charge in [0.1, 0.15) is 11.5 Å². The molecule has 0 saturated heterocycles. The molecule has 2 heterocycles. The number of fused-ring (bicyclic) bond motifs is 3. The summed E-state index contributed by atoms with van der Waals surface area (Å²) >= 11 is 5.99. The van der Waals surface area contributed by atoms with Crippen LogP contribution in [0, 0.1) is 0 Å². The molecule has 2 aromatic heterocycles. The third-order valence-corrected chi connectivity index (χ3v) is 2.67. The second kappa shape index (κ2) is 3.14. The molecule has 15 heavy (non-hydrogen) atoms. The van der Waals surface area contributed by atoms with E-state index in [9.17, 15) is 0 Å². The number of hydrogen-bond acceptors (Lipinski definition) is 3. The Kier molecular flexibility index (Phi) is 1.79. The number of aromatic nitrogens is 3. The Bertz CT molecular complexity index is 651. The quantitative estimate of drug-likeness (QED) is 0.428. The lowest BCUT2D eigenvalue weighted by Gasteiger charge is -2.02. The van der Waals surface area contributed by atoms with Gasteiger partial charge < -0.3 is 0 Å². The lowest BCUT2D eigenvalue weighted by molar-refractivity contribution is 1.23. The minimum atomic E-state index is 0.485. The third kappa shape index (κ3) is 1.24. The molecule has 4 heteroatoms. The molecule has 0 spiro atoms. The minimum absolute atomic E-state index is 0.485. The fraction of sp³-hybridized carbons (Fsp3) is 0. The van der Waals surface area contributed by atoms with Gasteiger partial charge in [0.2, 0.25) is 0 Å². The monoisotopic (exact) mass is 215 g/mol. The van der Waals surface area contributed by atoms with E-state index in [2.05, 4.69) is 15.0 Å². The van der Waals surface area contributed by atoms with Crippen LogP contribution < -0.4 is 0 Å². The van der Waals surface area contributed by atoms with Gasteiger partial charge in [-0.05, 0) is 12.1 Å². The van der Waals surface area contributed by atoms with Gasteiger partial charge in [-0.3, -0.25) is 4.98 Å². The Morgan fingerprint density at radius 1 is 1.00 bits per heavy atom. The van der Waals surface area contributed by atoms with Crippen LogP contribution in [0.4, 0.5) is 0 Å². The van der Waals surface area contributed by atoms with E-state index in [0.717, 1.165) is 21.7 Å². The lowest BCUT2D eigenvalue weighted by Crippen LogP contribution is -1.85. The van der Waals surface area contributed by atoms with Crippen molar-refractivity contribution in [1.29, 1.82) is 0 Å². The average molecular weight is 216 g/mol. The second-order valence-electron chi connectivity index (χ2n) is 3.22. The summed E-state index contributed by atoms with van der Waals surface area (Å²) in [6, 6.07) is 5.82. The van der Waals surface area contributed by atoms with Gasteiger partial charge in [-0.15, -0.1) is 0 Å². The van der Waals surface area contributed by atoms with Crippen molar-refractivity contribution in [3.63, 3.8) is 0 Å². The number of halogens is 1. The van der Waals surface area contributed by atoms with Crippen LogP contribution in [0.5, 0.6) is 0 Å². The van der Waals surface area contributed by atoms with E-state index in [1.165, 1.54) is 6.33 Å². The molecule has 0 aliphatic carbocycles. The van der Waals surface area contributed by atoms with Crippen LogP contribution in [0.2, 0.25) is 5.15 Å². The maximum Gasteiger partial charge on any atom is 0.140 e. The fourth-order valence-corrected chi connectivity index (χ4v) is 1.86. The summed E-state index contributed by atoms with van der Waals surface area (Å²) in [6.45, 7) is 0. The Hall–Kier alpha value is -1.74. The molecule has 0 bridgehead atoms. The topological polar surface area (TPSA) is 38.7 Å². The Morgan fingerprint density at radius 2 is 1.93 bits per heavy atom. The molecule has 3 nitrogen and oxygen atoms in total. The molecule has 0 aliphatic heterocycles. The molecule has 72 valence electrons. The van der Waals surface area contributed by atoms with Crippen LogP contribution in [0.25, 0.3) is 21.7 Å². The Labute approximate surface area is 90.8 Å². The SMILES string of the molecule is Clc1ncnc2c1ccc1cnccc12. The highest BCUT2D eigenvalue weighted by Gasteiger charge is 2.04. The number of nitrogens with zero attached hydrogens (tertiary/aromatic N) is 3. The molecule has 0 amide bonds. The van der Waals surface area contributed by atoms with Crippen LogP contribution in [0.15, 0.2) is 36.9 Å². The van der Waals surface area contributed by atoms with Crippen molar-refractivity contribution in [3.8, 4) is 0 Å². The minimum Gasteiger partial charge on any atom is -0.264 e. The van der Waals surface area contributed by atoms with Gasteiger partial charge >= 0.3 is 0 Å². The van der Waals surface area contributed by atoms with E-state index in [1.807, 2.05) is 24.4 Å². The first-order valence-corrected chi connectivity index (χ1v) is 4.87. The van der Waals surface area contributed by atoms with Gasteiger partial charge in [-0.1, -0.05) is 17.7 Å². The van der Waals surface area contributed by atoms with E-state index >= 15 is 0 Å². The normalized spacial score (nSPS) is 11.0. The molecule has 3 rings (SSSR count). The molecule has 0 aliphatic rings. The number of benzene rings is 1. The number of pyridine rings is 1. The summed E-state index contributed by atoms with van der Waals surface area (Å²) in [5, 5.41) is 3.46. The molecule has 0 unspecified atom stereocenters. The van der Waals surface area contributed by atoms with E-state index in [-0.39, 0.29) is 0 Å². The second-order valence-corrected chi connectivity index (χ2v) is 3.58. The summed E-state index contributed by atoms with van der Waals surface area (Å²) in [5.41, 5.74) is 0.870. The van der Waals surface area contributed by atoms with Gasteiger partial charge in [0.05, 0.1) is 5.52 Å². The lowest BCUT2D eigenvalue weighted by atomic mass is 10.1. The van der Waals surface area contributed by atoms with Crippen molar-refractivity contribution in [3.05, 3.63) is 42.1 Å². The van der Waals surface area contributed by atoms with Crippen molar-refractivity contribution in [2.24, 2.45) is 0 Å². The van der Waals surface area contributed by atoms with Gasteiger partial charge in [-0.25, -0.2) is 9.97 Å². The third-order valence-electron chi connectivity index (χ3n) is 2.37. The van der Waals surface area contributed by atoms with Crippen molar-refractivity contribution in [2.45, 2.75) is 0 Å². The average Bonchev–Trinajstić information content (AvgIpc) is 2.29. The zero-order chi connectivity index (χ0) is 10.3. The highest BCUT2D eigenvalue weighted by Crippen LogP contribution is 2.26. The van der Waals surface area contributed by atoms with E-state index in [1.54, 1.807) is 6.20 Å². The van der Waals surface area contributed by atoms with E-state index in [0.29, 0.717) is 5.15 Å². The predicted molar refractivity (Wildman–Crippen MR) is 59.8 cm³/mol. The first-order chi connectivity index (χ1) is 7.36. The molecule has 0 radical (unpaired) electrons. The van der Waals surface area contributed by atoms with Gasteiger partial charge in [0.15, 0.2) is 0 Å². The molecule has 0 saturated carbocycles. The maximum atomic E-state index is 5.99. The summed E-state index contributed by atoms with van der Waals surface area (Å²) in [6.07, 6.45) is 5.03. The van der Waals surface area contributed by atoms with Crippen LogP contribution >= 0.6 is 11.6 Å². The standard InChI is InChI=1S/C11H6ClN3/c12-11-9-2-1-7-5-13-4-3-8(7)10(9)14-6-15-11/h1-6H. The van der Waals surface area contributed by atoms with Crippen molar-refractivity contribution in [2.75, 3.05) is 0 Å². The Morgan fingerprint density at radius 3 is 2.87 bits per heavy atom. The predicted octanol–water partition coefficient (Wildman–Crippen LogP) is 2.83. The largest absolute Gasteiger partial charge is 0.264 e. The van der Waals surface area contributed by atoms with Gasteiger partial charge in [0.25, 0.3) is 0 Å². The van der Waals surface area contributed by atoms with Crippen molar-refractivity contribution < 1.29 is 0 Å². The van der Waals surface area contributed by atoms with Crippen molar-refractivity contribution in [1.82, 2.24) is 15.0 Å². The first-order valence-electron chi connectivity index (χ1n) is 4.49. The summed E-state index contributed by atoms with van der Waals surface area (Å²) in [4.78, 5) is 12.3. The Balaban J connectivity index is 2.60. The molecular formula is C11H6ClN3. The fourth-order valence-electron chi connectivity index (χ4n) is 1.66. The number of rotatable bonds is 0. The van der Waals surface area contributed by atoms with Crippen LogP contribution in [0.3, 0.4) is 0 Å². The smallest absolute Gasteiger partial charge is 0.140 e. The van der Waals surface area contributed by atoms with Gasteiger partial charge in [0, 0.05) is 28.6 Å². The molecule has 1 aromatic carbocycles. The molecule has 3 aromatic rings. The van der Waals surface area contributed by atoms with Crippen LogP contribution in [-0.2, 0) is 0 Å². The molecule has 0 N–H and O–H groups in total. The summed E-state index contributed by atoms with van der Waals surface area (Å²) in [5.74, 6) is 0. The zero-order valence-corrected chi connectivity index (χ0v) is 8.44. The number of hydrogen-bond donors (Lipinski definition) is 0. The molecule has 0 fully saturated rings. The summed E-state index contributed by atoms with van der Waals surface area (Å²) < 4.78 is 0. The van der Waals surface area contributed by atoms with Crippen LogP contribution in [0.1, 0.15) is 0 Å². The first kappa shape index (κ1) is 8.56. The van der Waals surface area contributed by atoms with Gasteiger partial charge in [-0.2, -0.15) is 0 Å².